The molecule has 0 radical (unpaired) electrons. The van der Waals surface area contributed by atoms with Crippen LogP contribution >= 0.6 is 11.8 Å². The van der Waals surface area contributed by atoms with Crippen molar-refractivity contribution in [1.82, 2.24) is 34.5 Å². The van der Waals surface area contributed by atoms with Crippen LogP contribution in [0.5, 0.6) is 0 Å². The molecule has 8 nitrogen and oxygen atoms in total. The summed E-state index contributed by atoms with van der Waals surface area (Å²) in [5.74, 6) is 1.36. The lowest BCUT2D eigenvalue weighted by Crippen LogP contribution is -2.15. The molecule has 0 amide bonds. The zero-order valence-electron chi connectivity index (χ0n) is 12.3. The second-order valence-corrected chi connectivity index (χ2v) is 5.80. The van der Waals surface area contributed by atoms with Crippen LogP contribution in [0.1, 0.15) is 5.69 Å². The minimum Gasteiger partial charge on any atom is -0.271 e. The summed E-state index contributed by atoms with van der Waals surface area (Å²) in [5.41, 5.74) is 1.20. The molecule has 0 saturated carbocycles. The molecule has 4 aromatic heterocycles. The first-order valence-electron chi connectivity index (χ1n) is 7.08. The Hall–Kier alpha value is -3.07. The van der Waals surface area contributed by atoms with E-state index in [-0.39, 0.29) is 5.56 Å². The molecule has 118 valence electrons. The molecule has 0 aliphatic heterocycles. The molecule has 0 bridgehead atoms. The highest BCUT2D eigenvalue weighted by Crippen LogP contribution is 2.17. The van der Waals surface area contributed by atoms with Crippen molar-refractivity contribution in [1.29, 1.82) is 0 Å². The summed E-state index contributed by atoms with van der Waals surface area (Å²) >= 11 is 1.41. The Labute approximate surface area is 140 Å². The molecule has 0 unspecified atom stereocenters. The van der Waals surface area contributed by atoms with E-state index in [9.17, 15) is 4.79 Å². The summed E-state index contributed by atoms with van der Waals surface area (Å²) in [6.45, 7) is 0. The molecule has 9 heteroatoms. The van der Waals surface area contributed by atoms with Crippen molar-refractivity contribution in [2.45, 2.75) is 10.9 Å². The van der Waals surface area contributed by atoms with Gasteiger partial charge in [0.1, 0.15) is 0 Å². The first-order valence-corrected chi connectivity index (χ1v) is 8.07. The summed E-state index contributed by atoms with van der Waals surface area (Å²) in [5, 5.41) is 3.58. The fourth-order valence-corrected chi connectivity index (χ4v) is 2.83. The van der Waals surface area contributed by atoms with Gasteiger partial charge in [0.05, 0.1) is 5.69 Å². The van der Waals surface area contributed by atoms with Gasteiger partial charge in [0.2, 0.25) is 0 Å². The van der Waals surface area contributed by atoms with Crippen molar-refractivity contribution in [2.24, 2.45) is 0 Å². The Balaban J connectivity index is 1.66. The second kappa shape index (κ2) is 6.20. The number of pyridine rings is 1. The molecule has 4 heterocycles. The van der Waals surface area contributed by atoms with Crippen LogP contribution in [0.25, 0.3) is 17.2 Å². The maximum absolute atomic E-state index is 12.3. The van der Waals surface area contributed by atoms with Crippen LogP contribution in [-0.2, 0) is 5.75 Å². The van der Waals surface area contributed by atoms with Gasteiger partial charge in [0, 0.05) is 42.2 Å². The summed E-state index contributed by atoms with van der Waals surface area (Å²) < 4.78 is 1.31. The number of hydrogen-bond acceptors (Lipinski definition) is 7. The largest absolute Gasteiger partial charge is 0.274 e. The number of rotatable bonds is 4. The molecule has 0 atom stereocenters. The van der Waals surface area contributed by atoms with Gasteiger partial charge < -0.3 is 0 Å². The van der Waals surface area contributed by atoms with E-state index in [1.807, 2.05) is 6.07 Å². The molecular formula is C15H11N7OS. The Bertz CT molecular complexity index is 1030. The molecule has 0 saturated heterocycles. The van der Waals surface area contributed by atoms with Crippen molar-refractivity contribution < 1.29 is 0 Å². The highest BCUT2D eigenvalue weighted by Gasteiger charge is 2.10. The Kier molecular flexibility index (Phi) is 3.75. The maximum Gasteiger partial charge on any atom is 0.274 e. The zero-order chi connectivity index (χ0) is 16.4. The molecule has 1 N–H and O–H groups in total. The normalized spacial score (nSPS) is 11.0. The fraction of sp³-hybridized carbons (Fsp3) is 0.0667. The molecular weight excluding hydrogens is 326 g/mol. The van der Waals surface area contributed by atoms with Gasteiger partial charge in [-0.1, -0.05) is 11.8 Å². The standard InChI is InChI=1S/C15H11N7OS/c23-12-7-11(9-24-15-17-5-2-6-18-15)19-14-20-13(21-22(12)14)10-3-1-4-16-8-10/h1-8H,9H2,(H,19,20,21). The maximum atomic E-state index is 12.3. The van der Waals surface area contributed by atoms with Crippen LogP contribution in [0.3, 0.4) is 0 Å². The fourth-order valence-electron chi connectivity index (χ4n) is 2.13. The van der Waals surface area contributed by atoms with Crippen LogP contribution < -0.4 is 5.56 Å². The molecule has 0 fully saturated rings. The van der Waals surface area contributed by atoms with E-state index >= 15 is 0 Å². The third-order valence-corrected chi connectivity index (χ3v) is 4.12. The third kappa shape index (κ3) is 2.88. The van der Waals surface area contributed by atoms with E-state index in [2.05, 4.69) is 30.0 Å². The van der Waals surface area contributed by atoms with Crippen LogP contribution in [0, 0.1) is 0 Å². The van der Waals surface area contributed by atoms with E-state index in [0.717, 1.165) is 5.56 Å². The summed E-state index contributed by atoms with van der Waals surface area (Å²) in [6.07, 6.45) is 6.70. The average molecular weight is 337 g/mol. The first-order chi connectivity index (χ1) is 11.8. The number of H-pyrrole nitrogens is 1. The third-order valence-electron chi connectivity index (χ3n) is 3.21. The van der Waals surface area contributed by atoms with Crippen LogP contribution in [0.2, 0.25) is 0 Å². The number of hydrogen-bond donors (Lipinski definition) is 1. The minimum absolute atomic E-state index is 0.216. The van der Waals surface area contributed by atoms with Crippen LogP contribution in [0.15, 0.2) is 59.0 Å². The van der Waals surface area contributed by atoms with Gasteiger partial charge in [0.25, 0.3) is 11.3 Å². The Morgan fingerprint density at radius 2 is 2.00 bits per heavy atom. The first kappa shape index (κ1) is 14.5. The van der Waals surface area contributed by atoms with Gasteiger partial charge in [0.15, 0.2) is 11.0 Å². The lowest BCUT2D eigenvalue weighted by Gasteiger charge is -1.99. The average Bonchev–Trinajstić information content (AvgIpc) is 3.06. The number of nitrogens with zero attached hydrogens (tertiary/aromatic N) is 6. The Morgan fingerprint density at radius 1 is 1.12 bits per heavy atom. The van der Waals surface area contributed by atoms with Gasteiger partial charge in [-0.15, -0.1) is 0 Å². The van der Waals surface area contributed by atoms with E-state index in [1.165, 1.54) is 22.3 Å². The number of aromatic nitrogens is 7. The molecule has 0 aromatic carbocycles. The van der Waals surface area contributed by atoms with E-state index in [0.29, 0.717) is 28.2 Å². The lowest BCUT2D eigenvalue weighted by molar-refractivity contribution is 0.888. The SMILES string of the molecule is O=c1cc(CSc2ncccn2)nc2nc(-c3cccnc3)[nH]n12. The van der Waals surface area contributed by atoms with Gasteiger partial charge in [-0.25, -0.2) is 15.0 Å². The van der Waals surface area contributed by atoms with Crippen LogP contribution in [-0.4, -0.2) is 34.5 Å². The van der Waals surface area contributed by atoms with Crippen molar-refractivity contribution >= 4 is 17.5 Å². The number of aromatic amines is 1. The zero-order valence-corrected chi connectivity index (χ0v) is 13.1. The van der Waals surface area contributed by atoms with Gasteiger partial charge >= 0.3 is 0 Å². The highest BCUT2D eigenvalue weighted by molar-refractivity contribution is 7.98. The van der Waals surface area contributed by atoms with Crippen molar-refractivity contribution in [3.63, 3.8) is 0 Å². The van der Waals surface area contributed by atoms with E-state index in [1.54, 1.807) is 36.9 Å². The minimum atomic E-state index is -0.216. The number of fused-ring (bicyclic) bond motifs is 1. The quantitative estimate of drug-likeness (QED) is 0.445. The molecule has 0 spiro atoms. The van der Waals surface area contributed by atoms with Crippen molar-refractivity contribution in [2.75, 3.05) is 0 Å². The predicted octanol–water partition coefficient (Wildman–Crippen LogP) is 1.56. The highest BCUT2D eigenvalue weighted by atomic mass is 32.2. The lowest BCUT2D eigenvalue weighted by atomic mass is 10.3. The molecule has 4 rings (SSSR count). The number of nitrogens with one attached hydrogen (secondary N) is 1. The topological polar surface area (TPSA) is 102 Å². The number of thioether (sulfide) groups is 1. The molecule has 0 aliphatic carbocycles. The second-order valence-electron chi connectivity index (χ2n) is 4.86. The summed E-state index contributed by atoms with van der Waals surface area (Å²) in [6, 6.07) is 6.90. The van der Waals surface area contributed by atoms with E-state index in [4.69, 9.17) is 0 Å². The monoisotopic (exact) mass is 337 g/mol. The molecule has 24 heavy (non-hydrogen) atoms. The Morgan fingerprint density at radius 3 is 2.79 bits per heavy atom. The van der Waals surface area contributed by atoms with Crippen molar-refractivity contribution in [3.8, 4) is 11.4 Å². The predicted molar refractivity (Wildman–Crippen MR) is 88.4 cm³/mol. The summed E-state index contributed by atoms with van der Waals surface area (Å²) in [7, 11) is 0. The van der Waals surface area contributed by atoms with Crippen LogP contribution in [0.4, 0.5) is 0 Å². The molecule has 0 aliphatic rings. The van der Waals surface area contributed by atoms with Gasteiger partial charge in [-0.3, -0.25) is 14.9 Å². The van der Waals surface area contributed by atoms with Gasteiger partial charge in [-0.05, 0) is 18.2 Å². The van der Waals surface area contributed by atoms with Gasteiger partial charge in [-0.2, -0.15) is 9.50 Å². The molecule has 4 aromatic rings. The van der Waals surface area contributed by atoms with E-state index < -0.39 is 0 Å². The smallest absolute Gasteiger partial charge is 0.271 e. The van der Waals surface area contributed by atoms with Crippen molar-refractivity contribution in [3.05, 3.63) is 65.1 Å². The summed E-state index contributed by atoms with van der Waals surface area (Å²) in [4.78, 5) is 33.4.